The molecule has 1 aliphatic heterocycles. The number of amides is 6. The fourth-order valence-corrected chi connectivity index (χ4v) is 5.54. The number of nitrogens with two attached hydrogens (primary N) is 1. The molecule has 7 N–H and O–H groups in total. The highest BCUT2D eigenvalue weighted by atomic mass is 16.5. The number of likely N-dealkylation sites (tertiary alicyclic amines) is 1. The van der Waals surface area contributed by atoms with Gasteiger partial charge in [-0.05, 0) is 84.0 Å². The minimum Gasteiger partial charge on any atom is -0.480 e. The third-order valence-electron chi connectivity index (χ3n) is 8.21. The first-order valence-corrected chi connectivity index (χ1v) is 17.1. The molecule has 2 rings (SSSR count). The molecule has 1 saturated heterocycles. The van der Waals surface area contributed by atoms with Crippen LogP contribution >= 0.6 is 0 Å². The van der Waals surface area contributed by atoms with E-state index in [1.54, 1.807) is 24.3 Å². The highest BCUT2D eigenvalue weighted by Gasteiger charge is 2.39. The molecule has 0 aromatic heterocycles. The minimum atomic E-state index is -1.22. The summed E-state index contributed by atoms with van der Waals surface area (Å²) < 4.78 is 5.27. The van der Waals surface area contributed by atoms with Crippen molar-refractivity contribution in [2.75, 3.05) is 33.7 Å². The number of nitrogens with zero attached hydrogens (tertiary/aromatic N) is 2. The molecule has 4 atom stereocenters. The molecule has 50 heavy (non-hydrogen) atoms. The average molecular weight is 704 g/mol. The maximum Gasteiger partial charge on any atom is 0.408 e. The van der Waals surface area contributed by atoms with Crippen LogP contribution in [-0.4, -0.2) is 114 Å². The summed E-state index contributed by atoms with van der Waals surface area (Å²) in [5, 5.41) is 20.2. The first-order chi connectivity index (χ1) is 23.8. The third-order valence-corrected chi connectivity index (χ3v) is 8.21. The zero-order chi connectivity index (χ0) is 37.1. The lowest BCUT2D eigenvalue weighted by Crippen LogP contribution is -2.57. The maximum absolute atomic E-state index is 13.7. The molecule has 1 fully saturated rings. The number of primary amides is 1. The summed E-state index contributed by atoms with van der Waals surface area (Å²) in [5.41, 5.74) is 6.06. The van der Waals surface area contributed by atoms with E-state index in [4.69, 9.17) is 10.5 Å². The number of carbonyl (C=O) groups is 7. The molecule has 16 nitrogen and oxygen atoms in total. The predicted molar refractivity (Wildman–Crippen MR) is 183 cm³/mol. The monoisotopic (exact) mass is 703 g/mol. The number of carbonyl (C=O) groups excluding carboxylic acids is 6. The SMILES string of the molecule is CC(=O)NCCCC[C@H](NC(=O)[C@H](CCCCN(C)C)NC(=O)[C@@H]1CCCN1C(=O)[C@H](CCC(N)=O)NC(=O)OCc1ccccc1)C(=O)O. The number of ether oxygens (including phenoxy) is 1. The summed E-state index contributed by atoms with van der Waals surface area (Å²) in [6, 6.07) is 4.48. The van der Waals surface area contributed by atoms with E-state index in [0.717, 1.165) is 18.5 Å². The second-order valence-electron chi connectivity index (χ2n) is 12.7. The second kappa shape index (κ2) is 22.1. The van der Waals surface area contributed by atoms with Crippen LogP contribution < -0.4 is 27.0 Å². The van der Waals surface area contributed by atoms with Gasteiger partial charge in [0.1, 0.15) is 30.8 Å². The van der Waals surface area contributed by atoms with Crippen LogP contribution in [0.1, 0.15) is 76.7 Å². The zero-order valence-corrected chi connectivity index (χ0v) is 29.3. The molecule has 1 aromatic rings. The number of rotatable bonds is 22. The first kappa shape index (κ1) is 41.4. The third kappa shape index (κ3) is 15.7. The van der Waals surface area contributed by atoms with Crippen molar-refractivity contribution in [3.05, 3.63) is 35.9 Å². The Morgan fingerprint density at radius 2 is 1.60 bits per heavy atom. The Morgan fingerprint density at radius 3 is 2.24 bits per heavy atom. The van der Waals surface area contributed by atoms with Gasteiger partial charge in [0, 0.05) is 26.4 Å². The van der Waals surface area contributed by atoms with Crippen LogP contribution in [0.25, 0.3) is 0 Å². The van der Waals surface area contributed by atoms with E-state index in [0.29, 0.717) is 38.6 Å². The van der Waals surface area contributed by atoms with Crippen LogP contribution in [0, 0.1) is 0 Å². The quantitative estimate of drug-likeness (QED) is 0.0923. The van der Waals surface area contributed by atoms with Crippen molar-refractivity contribution in [2.24, 2.45) is 5.73 Å². The molecule has 0 spiro atoms. The Hall–Kier alpha value is -4.73. The van der Waals surface area contributed by atoms with Gasteiger partial charge < -0.3 is 46.6 Å². The second-order valence-corrected chi connectivity index (χ2v) is 12.7. The van der Waals surface area contributed by atoms with Crippen molar-refractivity contribution in [3.63, 3.8) is 0 Å². The number of aliphatic carboxylic acids is 1. The Balaban J connectivity index is 2.13. The van der Waals surface area contributed by atoms with E-state index in [-0.39, 0.29) is 44.7 Å². The molecule has 0 bridgehead atoms. The van der Waals surface area contributed by atoms with E-state index in [1.807, 2.05) is 25.1 Å². The molecule has 6 amide bonds. The molecule has 278 valence electrons. The van der Waals surface area contributed by atoms with E-state index < -0.39 is 59.9 Å². The number of benzene rings is 1. The Morgan fingerprint density at radius 1 is 0.920 bits per heavy atom. The molecule has 0 aliphatic carbocycles. The Bertz CT molecular complexity index is 1290. The largest absolute Gasteiger partial charge is 0.480 e. The lowest BCUT2D eigenvalue weighted by molar-refractivity contribution is -0.143. The highest BCUT2D eigenvalue weighted by Crippen LogP contribution is 2.21. The number of carboxylic acid groups (broad SMARTS) is 1. The smallest absolute Gasteiger partial charge is 0.408 e. The van der Waals surface area contributed by atoms with Crippen molar-refractivity contribution < 1.29 is 43.4 Å². The molecule has 0 unspecified atom stereocenters. The number of nitrogens with one attached hydrogen (secondary N) is 4. The van der Waals surface area contributed by atoms with Gasteiger partial charge in [-0.25, -0.2) is 9.59 Å². The molecular formula is C34H53N7O9. The van der Waals surface area contributed by atoms with Crippen molar-refractivity contribution in [1.82, 2.24) is 31.1 Å². The normalized spacial score (nSPS) is 15.8. The van der Waals surface area contributed by atoms with Gasteiger partial charge in [0.15, 0.2) is 0 Å². The summed E-state index contributed by atoms with van der Waals surface area (Å²) >= 11 is 0. The van der Waals surface area contributed by atoms with Gasteiger partial charge in [-0.3, -0.25) is 24.0 Å². The molecule has 0 radical (unpaired) electrons. The van der Waals surface area contributed by atoms with Gasteiger partial charge in [0.25, 0.3) is 0 Å². The number of alkyl carbamates (subject to hydrolysis) is 1. The predicted octanol–water partition coefficient (Wildman–Crippen LogP) is 0.630. The summed E-state index contributed by atoms with van der Waals surface area (Å²) in [6.07, 6.45) is 2.17. The highest BCUT2D eigenvalue weighted by molar-refractivity contribution is 5.95. The number of unbranched alkanes of at least 4 members (excludes halogenated alkanes) is 2. The fraction of sp³-hybridized carbons (Fsp3) is 0.618. The standard InChI is InChI=1S/C34H53N7O9/c1-23(42)36-19-9-7-15-27(33(47)48)38-30(44)25(14-8-10-20-40(2)3)37-31(45)28-16-11-21-41(28)32(46)26(17-18-29(35)43)39-34(49)50-22-24-12-5-4-6-13-24/h4-6,12-13,25-28H,7-11,14-22H2,1-3H3,(H2,35,43)(H,36,42)(H,37,45)(H,38,44)(H,39,49)(H,47,48)/t25-,26-,27-,28-/m0/s1. The summed E-state index contributed by atoms with van der Waals surface area (Å²) in [5.74, 6) is -3.94. The number of carboxylic acids is 1. The summed E-state index contributed by atoms with van der Waals surface area (Å²) in [4.78, 5) is 91.4. The van der Waals surface area contributed by atoms with Crippen LogP contribution in [0.5, 0.6) is 0 Å². The van der Waals surface area contributed by atoms with Crippen LogP contribution in [0.2, 0.25) is 0 Å². The average Bonchev–Trinajstić information content (AvgIpc) is 3.56. The maximum atomic E-state index is 13.7. The minimum absolute atomic E-state index is 0.0457. The van der Waals surface area contributed by atoms with E-state index in [2.05, 4.69) is 21.3 Å². The van der Waals surface area contributed by atoms with Gasteiger partial charge >= 0.3 is 12.1 Å². The van der Waals surface area contributed by atoms with Crippen LogP contribution in [0.15, 0.2) is 30.3 Å². The summed E-state index contributed by atoms with van der Waals surface area (Å²) in [7, 11) is 3.82. The van der Waals surface area contributed by atoms with Gasteiger partial charge in [-0.15, -0.1) is 0 Å². The van der Waals surface area contributed by atoms with Gasteiger partial charge in [-0.2, -0.15) is 0 Å². The molecular weight excluding hydrogens is 650 g/mol. The molecule has 16 heteroatoms. The topological polar surface area (TPSA) is 230 Å². The zero-order valence-electron chi connectivity index (χ0n) is 29.3. The van der Waals surface area contributed by atoms with Gasteiger partial charge in [0.2, 0.25) is 29.5 Å². The molecule has 1 aromatic carbocycles. The fourth-order valence-electron chi connectivity index (χ4n) is 5.54. The van der Waals surface area contributed by atoms with Crippen LogP contribution in [0.3, 0.4) is 0 Å². The Kier molecular flexibility index (Phi) is 18.3. The summed E-state index contributed by atoms with van der Waals surface area (Å²) in [6.45, 7) is 2.66. The van der Waals surface area contributed by atoms with Gasteiger partial charge in [-0.1, -0.05) is 30.3 Å². The van der Waals surface area contributed by atoms with Gasteiger partial charge in [0.05, 0.1) is 0 Å². The molecule has 1 aliphatic rings. The van der Waals surface area contributed by atoms with Crippen molar-refractivity contribution in [3.8, 4) is 0 Å². The lowest BCUT2D eigenvalue weighted by Gasteiger charge is -2.30. The van der Waals surface area contributed by atoms with Crippen molar-refractivity contribution in [1.29, 1.82) is 0 Å². The number of hydrogen-bond acceptors (Lipinski definition) is 9. The van der Waals surface area contributed by atoms with Crippen LogP contribution in [-0.2, 0) is 40.1 Å². The van der Waals surface area contributed by atoms with E-state index >= 15 is 0 Å². The van der Waals surface area contributed by atoms with Crippen molar-refractivity contribution >= 4 is 41.6 Å². The van der Waals surface area contributed by atoms with Crippen LogP contribution in [0.4, 0.5) is 4.79 Å². The van der Waals surface area contributed by atoms with E-state index in [1.165, 1.54) is 11.8 Å². The van der Waals surface area contributed by atoms with Crippen molar-refractivity contribution in [2.45, 2.75) is 102 Å². The van der Waals surface area contributed by atoms with E-state index in [9.17, 15) is 38.7 Å². The first-order valence-electron chi connectivity index (χ1n) is 17.1. The molecule has 0 saturated carbocycles. The number of hydrogen-bond donors (Lipinski definition) is 6. The lowest BCUT2D eigenvalue weighted by atomic mass is 10.0. The molecule has 1 heterocycles. The Labute approximate surface area is 293 Å².